The number of nitriles is 1. The lowest BCUT2D eigenvalue weighted by Crippen LogP contribution is -2.25. The van der Waals surface area contributed by atoms with Gasteiger partial charge in [-0.15, -0.1) is 0 Å². The summed E-state index contributed by atoms with van der Waals surface area (Å²) < 4.78 is 30.7. The van der Waals surface area contributed by atoms with Crippen LogP contribution in [-0.4, -0.2) is 5.97 Å². The summed E-state index contributed by atoms with van der Waals surface area (Å²) in [5.41, 5.74) is 0. The highest BCUT2D eigenvalue weighted by Crippen LogP contribution is 2.32. The van der Waals surface area contributed by atoms with Crippen LogP contribution in [0.4, 0.5) is 8.78 Å². The summed E-state index contributed by atoms with van der Waals surface area (Å²) in [5.74, 6) is -0.594. The summed E-state index contributed by atoms with van der Waals surface area (Å²) in [6.07, 6.45) is 9.87. The first-order valence-corrected chi connectivity index (χ1v) is 8.48. The lowest BCUT2D eigenvalue weighted by Gasteiger charge is -2.26. The van der Waals surface area contributed by atoms with Crippen LogP contribution in [-0.2, 0) is 4.79 Å². The van der Waals surface area contributed by atoms with Gasteiger partial charge in [-0.05, 0) is 74.8 Å². The number of hydrogen-bond acceptors (Lipinski definition) is 3. The maximum absolute atomic E-state index is 12.8. The predicted octanol–water partition coefficient (Wildman–Crippen LogP) is 5.25. The third kappa shape index (κ3) is 6.50. The van der Waals surface area contributed by atoms with Gasteiger partial charge in [-0.1, -0.05) is 12.2 Å². The Bertz CT molecular complexity index is 666. The lowest BCUT2D eigenvalue weighted by molar-refractivity contribution is -0.140. The molecule has 1 aromatic rings. The minimum absolute atomic E-state index is 0.107. The summed E-state index contributed by atoms with van der Waals surface area (Å²) in [6, 6.07) is 6.86. The van der Waals surface area contributed by atoms with Crippen LogP contribution in [0.15, 0.2) is 48.3 Å². The zero-order valence-corrected chi connectivity index (χ0v) is 14.0. The SMILES string of the molecule is N#CC(F)=CC=CCCC1CCC(C(=O)Oc2ccc(F)cc2)CC1. The molecule has 1 aromatic carbocycles. The van der Waals surface area contributed by atoms with Gasteiger partial charge in [0.1, 0.15) is 17.6 Å². The predicted molar refractivity (Wildman–Crippen MR) is 90.7 cm³/mol. The van der Waals surface area contributed by atoms with Crippen molar-refractivity contribution in [3.63, 3.8) is 0 Å². The van der Waals surface area contributed by atoms with Gasteiger partial charge in [0.2, 0.25) is 0 Å². The van der Waals surface area contributed by atoms with Crippen LogP contribution in [0.1, 0.15) is 38.5 Å². The first kappa shape index (κ1) is 18.9. The van der Waals surface area contributed by atoms with Crippen molar-refractivity contribution in [3.8, 4) is 11.8 Å². The zero-order valence-electron chi connectivity index (χ0n) is 14.0. The molecule has 0 bridgehead atoms. The molecule has 1 saturated carbocycles. The van der Waals surface area contributed by atoms with E-state index in [-0.39, 0.29) is 17.7 Å². The Morgan fingerprint density at radius 2 is 1.92 bits per heavy atom. The Morgan fingerprint density at radius 1 is 1.24 bits per heavy atom. The van der Waals surface area contributed by atoms with E-state index in [9.17, 15) is 13.6 Å². The van der Waals surface area contributed by atoms with E-state index in [0.29, 0.717) is 11.7 Å². The van der Waals surface area contributed by atoms with Crippen molar-refractivity contribution in [1.82, 2.24) is 0 Å². The van der Waals surface area contributed by atoms with Crippen LogP contribution < -0.4 is 4.74 Å². The van der Waals surface area contributed by atoms with Gasteiger partial charge in [0.05, 0.1) is 5.92 Å². The number of allylic oxidation sites excluding steroid dienone is 4. The normalized spacial score (nSPS) is 21.1. The minimum atomic E-state index is -0.795. The van der Waals surface area contributed by atoms with E-state index < -0.39 is 5.83 Å². The topological polar surface area (TPSA) is 50.1 Å². The molecule has 0 amide bonds. The summed E-state index contributed by atoms with van der Waals surface area (Å²) in [5, 5.41) is 8.29. The molecule has 0 unspecified atom stereocenters. The molecule has 132 valence electrons. The molecule has 25 heavy (non-hydrogen) atoms. The molecule has 0 N–H and O–H groups in total. The van der Waals surface area contributed by atoms with E-state index in [1.165, 1.54) is 30.3 Å². The summed E-state index contributed by atoms with van der Waals surface area (Å²) >= 11 is 0. The van der Waals surface area contributed by atoms with Gasteiger partial charge in [0, 0.05) is 0 Å². The number of ether oxygens (including phenoxy) is 1. The molecule has 0 aromatic heterocycles. The van der Waals surface area contributed by atoms with Gasteiger partial charge in [-0.3, -0.25) is 4.79 Å². The fraction of sp³-hybridized carbons (Fsp3) is 0.400. The van der Waals surface area contributed by atoms with Gasteiger partial charge in [0.25, 0.3) is 0 Å². The van der Waals surface area contributed by atoms with Gasteiger partial charge >= 0.3 is 5.97 Å². The molecule has 0 heterocycles. The number of carbonyl (C=O) groups is 1. The Kier molecular flexibility index (Phi) is 7.34. The fourth-order valence-electron chi connectivity index (χ4n) is 3.01. The van der Waals surface area contributed by atoms with Crippen LogP contribution in [0.2, 0.25) is 0 Å². The number of esters is 1. The molecule has 1 aliphatic carbocycles. The first-order valence-electron chi connectivity index (χ1n) is 8.48. The summed E-state index contributed by atoms with van der Waals surface area (Å²) in [4.78, 5) is 12.2. The van der Waals surface area contributed by atoms with Crippen molar-refractivity contribution in [3.05, 3.63) is 54.1 Å². The van der Waals surface area contributed by atoms with E-state index in [4.69, 9.17) is 10.00 Å². The number of halogens is 2. The first-order chi connectivity index (χ1) is 12.1. The molecule has 0 spiro atoms. The molecule has 3 nitrogen and oxygen atoms in total. The van der Waals surface area contributed by atoms with Gasteiger partial charge in [0.15, 0.2) is 5.83 Å². The smallest absolute Gasteiger partial charge is 0.314 e. The van der Waals surface area contributed by atoms with Crippen molar-refractivity contribution < 1.29 is 18.3 Å². The average Bonchev–Trinajstić information content (AvgIpc) is 2.63. The van der Waals surface area contributed by atoms with Gasteiger partial charge in [-0.25, -0.2) is 4.39 Å². The molecule has 2 rings (SSSR count). The third-order valence-corrected chi connectivity index (χ3v) is 4.44. The Hall–Kier alpha value is -2.48. The highest BCUT2D eigenvalue weighted by Gasteiger charge is 2.27. The largest absolute Gasteiger partial charge is 0.426 e. The van der Waals surface area contributed by atoms with Crippen LogP contribution in [0.5, 0.6) is 5.75 Å². The maximum Gasteiger partial charge on any atom is 0.314 e. The van der Waals surface area contributed by atoms with Crippen LogP contribution >= 0.6 is 0 Å². The number of benzene rings is 1. The Labute approximate surface area is 146 Å². The maximum atomic E-state index is 12.8. The monoisotopic (exact) mass is 345 g/mol. The molecular weight excluding hydrogens is 324 g/mol. The number of rotatable bonds is 6. The van der Waals surface area contributed by atoms with E-state index in [1.54, 1.807) is 6.08 Å². The fourth-order valence-corrected chi connectivity index (χ4v) is 3.01. The van der Waals surface area contributed by atoms with Crippen LogP contribution in [0.25, 0.3) is 0 Å². The molecule has 0 aliphatic heterocycles. The quantitative estimate of drug-likeness (QED) is 0.306. The van der Waals surface area contributed by atoms with Crippen LogP contribution in [0, 0.1) is 29.0 Å². The Morgan fingerprint density at radius 3 is 2.56 bits per heavy atom. The molecule has 5 heteroatoms. The number of carbonyl (C=O) groups excluding carboxylic acids is 1. The number of nitrogens with zero attached hydrogens (tertiary/aromatic N) is 1. The zero-order chi connectivity index (χ0) is 18.1. The van der Waals surface area contributed by atoms with Crippen LogP contribution in [0.3, 0.4) is 0 Å². The molecule has 0 atom stereocenters. The van der Waals surface area contributed by atoms with E-state index in [0.717, 1.165) is 44.6 Å². The summed E-state index contributed by atoms with van der Waals surface area (Å²) in [7, 11) is 0. The molecule has 1 aliphatic rings. The summed E-state index contributed by atoms with van der Waals surface area (Å²) in [6.45, 7) is 0. The lowest BCUT2D eigenvalue weighted by atomic mass is 9.80. The van der Waals surface area contributed by atoms with E-state index in [1.807, 2.05) is 6.08 Å². The third-order valence-electron chi connectivity index (χ3n) is 4.44. The molecular formula is C20H21F2NO2. The molecule has 0 saturated heterocycles. The second kappa shape index (κ2) is 9.73. The molecule has 0 radical (unpaired) electrons. The van der Waals surface area contributed by atoms with Crippen molar-refractivity contribution >= 4 is 5.97 Å². The Balaban J connectivity index is 1.69. The second-order valence-corrected chi connectivity index (χ2v) is 6.22. The average molecular weight is 345 g/mol. The minimum Gasteiger partial charge on any atom is -0.426 e. The van der Waals surface area contributed by atoms with Crippen molar-refractivity contribution in [1.29, 1.82) is 5.26 Å². The van der Waals surface area contributed by atoms with Crippen molar-refractivity contribution in [2.75, 3.05) is 0 Å². The number of hydrogen-bond donors (Lipinski definition) is 0. The highest BCUT2D eigenvalue weighted by atomic mass is 19.1. The highest BCUT2D eigenvalue weighted by molar-refractivity contribution is 5.75. The van der Waals surface area contributed by atoms with Gasteiger partial charge in [-0.2, -0.15) is 9.65 Å². The van der Waals surface area contributed by atoms with Gasteiger partial charge < -0.3 is 4.74 Å². The second-order valence-electron chi connectivity index (χ2n) is 6.22. The van der Waals surface area contributed by atoms with E-state index in [2.05, 4.69) is 0 Å². The molecule has 1 fully saturated rings. The van der Waals surface area contributed by atoms with E-state index >= 15 is 0 Å². The standard InChI is InChI=1S/C20H21F2NO2/c21-17-10-12-19(13-11-17)25-20(24)16-8-6-15(7-9-16)4-2-1-3-5-18(22)14-23/h1,3,5,10-13,15-16H,2,4,6-9H2. The van der Waals surface area contributed by atoms with Crippen molar-refractivity contribution in [2.45, 2.75) is 38.5 Å². The van der Waals surface area contributed by atoms with Crippen molar-refractivity contribution in [2.24, 2.45) is 11.8 Å².